The molecule has 0 bridgehead atoms. The summed E-state index contributed by atoms with van der Waals surface area (Å²) in [6.07, 6.45) is 0. The normalized spacial score (nSPS) is 18.0. The van der Waals surface area contributed by atoms with Crippen LogP contribution < -0.4 is 19.7 Å². The standard InChI is InChI=1S/C23H27N3O5/c1-16-13-26(19-6-4-18(5-7-19)23(28)29-2)10-9-25(16)14-22(27)24-12-17-3-8-20-21(11-17)31-15-30-20/h3-8,11,16H,9-10,12-15H2,1-2H3,(H,24,27). The van der Waals surface area contributed by atoms with Gasteiger partial charge in [0.05, 0.1) is 19.2 Å². The fraction of sp³-hybridized carbons (Fsp3) is 0.391. The number of carbonyl (C=O) groups excluding carboxylic acids is 2. The lowest BCUT2D eigenvalue weighted by atomic mass is 10.1. The summed E-state index contributed by atoms with van der Waals surface area (Å²) in [5, 5.41) is 2.99. The van der Waals surface area contributed by atoms with Gasteiger partial charge in [-0.3, -0.25) is 9.69 Å². The summed E-state index contributed by atoms with van der Waals surface area (Å²) in [5.41, 5.74) is 2.58. The van der Waals surface area contributed by atoms with E-state index in [1.165, 1.54) is 7.11 Å². The molecule has 2 aliphatic rings. The number of amides is 1. The molecule has 2 heterocycles. The van der Waals surface area contributed by atoms with E-state index in [1.54, 1.807) is 12.1 Å². The molecule has 1 saturated heterocycles. The highest BCUT2D eigenvalue weighted by molar-refractivity contribution is 5.89. The Kier molecular flexibility index (Phi) is 6.27. The number of nitrogens with zero attached hydrogens (tertiary/aromatic N) is 2. The number of hydrogen-bond acceptors (Lipinski definition) is 7. The first-order valence-electron chi connectivity index (χ1n) is 10.4. The number of piperazine rings is 1. The third kappa shape index (κ3) is 4.91. The number of fused-ring (bicyclic) bond motifs is 1. The fourth-order valence-electron chi connectivity index (χ4n) is 3.88. The van der Waals surface area contributed by atoms with E-state index in [0.717, 1.165) is 42.4 Å². The zero-order chi connectivity index (χ0) is 21.8. The van der Waals surface area contributed by atoms with Gasteiger partial charge in [0.15, 0.2) is 11.5 Å². The van der Waals surface area contributed by atoms with Gasteiger partial charge in [-0.05, 0) is 48.9 Å². The molecule has 31 heavy (non-hydrogen) atoms. The van der Waals surface area contributed by atoms with Gasteiger partial charge in [0, 0.05) is 37.9 Å². The first-order chi connectivity index (χ1) is 15.0. The number of esters is 1. The molecule has 1 atom stereocenters. The molecule has 1 amide bonds. The summed E-state index contributed by atoms with van der Waals surface area (Å²) < 4.78 is 15.4. The van der Waals surface area contributed by atoms with Gasteiger partial charge in [-0.2, -0.15) is 0 Å². The number of methoxy groups -OCH3 is 1. The monoisotopic (exact) mass is 425 g/mol. The Morgan fingerprint density at radius 3 is 2.61 bits per heavy atom. The molecule has 1 N–H and O–H groups in total. The molecule has 0 spiro atoms. The Morgan fingerprint density at radius 2 is 1.87 bits per heavy atom. The van der Waals surface area contributed by atoms with Crippen LogP contribution in [0.25, 0.3) is 0 Å². The first kappa shape index (κ1) is 21.0. The summed E-state index contributed by atoms with van der Waals surface area (Å²) in [4.78, 5) is 28.5. The summed E-state index contributed by atoms with van der Waals surface area (Å²) in [6, 6.07) is 13.4. The molecular formula is C23H27N3O5. The second kappa shape index (κ2) is 9.26. The molecule has 4 rings (SSSR count). The van der Waals surface area contributed by atoms with E-state index in [2.05, 4.69) is 22.0 Å². The molecule has 2 aromatic carbocycles. The maximum atomic E-state index is 12.5. The van der Waals surface area contributed by atoms with Crippen molar-refractivity contribution >= 4 is 17.6 Å². The average molecular weight is 425 g/mol. The number of hydrogen-bond donors (Lipinski definition) is 1. The maximum absolute atomic E-state index is 12.5. The zero-order valence-corrected chi connectivity index (χ0v) is 17.8. The fourth-order valence-corrected chi connectivity index (χ4v) is 3.88. The van der Waals surface area contributed by atoms with Crippen LogP contribution in [0.15, 0.2) is 42.5 Å². The minimum Gasteiger partial charge on any atom is -0.465 e. The molecule has 0 aliphatic carbocycles. The number of ether oxygens (including phenoxy) is 3. The Morgan fingerprint density at radius 1 is 1.10 bits per heavy atom. The molecule has 8 nitrogen and oxygen atoms in total. The Hall–Kier alpha value is -3.26. The van der Waals surface area contributed by atoms with Crippen LogP contribution in [0.1, 0.15) is 22.8 Å². The average Bonchev–Trinajstić information content (AvgIpc) is 3.26. The van der Waals surface area contributed by atoms with Crippen molar-refractivity contribution in [2.45, 2.75) is 19.5 Å². The van der Waals surface area contributed by atoms with Gasteiger partial charge in [0.1, 0.15) is 0 Å². The van der Waals surface area contributed by atoms with Gasteiger partial charge in [0.2, 0.25) is 12.7 Å². The maximum Gasteiger partial charge on any atom is 0.337 e. The van der Waals surface area contributed by atoms with Crippen molar-refractivity contribution < 1.29 is 23.8 Å². The topological polar surface area (TPSA) is 80.3 Å². The molecule has 1 fully saturated rings. The smallest absolute Gasteiger partial charge is 0.337 e. The molecular weight excluding hydrogens is 398 g/mol. The number of benzene rings is 2. The molecule has 1 unspecified atom stereocenters. The van der Waals surface area contributed by atoms with Gasteiger partial charge in [-0.15, -0.1) is 0 Å². The third-order valence-corrected chi connectivity index (χ3v) is 5.69. The first-order valence-corrected chi connectivity index (χ1v) is 10.4. The van der Waals surface area contributed by atoms with Crippen LogP contribution in [0.4, 0.5) is 5.69 Å². The zero-order valence-electron chi connectivity index (χ0n) is 17.8. The Bertz CT molecular complexity index is 947. The predicted octanol–water partition coefficient (Wildman–Crippen LogP) is 2.03. The van der Waals surface area contributed by atoms with E-state index in [0.29, 0.717) is 18.7 Å². The highest BCUT2D eigenvalue weighted by Crippen LogP contribution is 2.32. The van der Waals surface area contributed by atoms with Crippen molar-refractivity contribution in [2.24, 2.45) is 0 Å². The third-order valence-electron chi connectivity index (χ3n) is 5.69. The lowest BCUT2D eigenvalue weighted by Crippen LogP contribution is -2.54. The predicted molar refractivity (Wildman–Crippen MR) is 115 cm³/mol. The number of rotatable bonds is 6. The Labute approximate surface area is 181 Å². The molecule has 0 saturated carbocycles. The molecule has 8 heteroatoms. The lowest BCUT2D eigenvalue weighted by molar-refractivity contribution is -0.123. The summed E-state index contributed by atoms with van der Waals surface area (Å²) >= 11 is 0. The SMILES string of the molecule is COC(=O)c1ccc(N2CCN(CC(=O)NCc3ccc4c(c3)OCO4)C(C)C2)cc1. The second-order valence-corrected chi connectivity index (χ2v) is 7.77. The number of nitrogens with one attached hydrogen (secondary N) is 1. The lowest BCUT2D eigenvalue weighted by Gasteiger charge is -2.40. The summed E-state index contributed by atoms with van der Waals surface area (Å²) in [6.45, 7) is 5.60. The van der Waals surface area contributed by atoms with Crippen molar-refractivity contribution in [1.82, 2.24) is 10.2 Å². The van der Waals surface area contributed by atoms with Crippen LogP contribution in [-0.2, 0) is 16.1 Å². The van der Waals surface area contributed by atoms with Crippen molar-refractivity contribution in [1.29, 1.82) is 0 Å². The summed E-state index contributed by atoms with van der Waals surface area (Å²) in [5.74, 6) is 1.12. The van der Waals surface area contributed by atoms with Crippen molar-refractivity contribution in [3.05, 3.63) is 53.6 Å². The molecule has 2 aromatic rings. The Balaban J connectivity index is 1.26. The largest absolute Gasteiger partial charge is 0.465 e. The van der Waals surface area contributed by atoms with E-state index < -0.39 is 0 Å². The van der Waals surface area contributed by atoms with Gasteiger partial charge in [0.25, 0.3) is 0 Å². The highest BCUT2D eigenvalue weighted by Gasteiger charge is 2.25. The van der Waals surface area contributed by atoms with Crippen LogP contribution in [-0.4, -0.2) is 62.9 Å². The quantitative estimate of drug-likeness (QED) is 0.710. The minimum absolute atomic E-state index is 0.000368. The van der Waals surface area contributed by atoms with E-state index in [4.69, 9.17) is 14.2 Å². The van der Waals surface area contributed by atoms with Gasteiger partial charge < -0.3 is 24.4 Å². The van der Waals surface area contributed by atoms with E-state index in [-0.39, 0.29) is 24.7 Å². The number of carbonyl (C=O) groups is 2. The van der Waals surface area contributed by atoms with Gasteiger partial charge in [-0.25, -0.2) is 4.79 Å². The van der Waals surface area contributed by atoms with E-state index in [1.807, 2.05) is 30.3 Å². The van der Waals surface area contributed by atoms with Crippen molar-refractivity contribution in [2.75, 3.05) is 45.0 Å². The van der Waals surface area contributed by atoms with Gasteiger partial charge >= 0.3 is 5.97 Å². The van der Waals surface area contributed by atoms with Crippen LogP contribution in [0.2, 0.25) is 0 Å². The molecule has 0 aromatic heterocycles. The van der Waals surface area contributed by atoms with Gasteiger partial charge in [-0.1, -0.05) is 6.07 Å². The van der Waals surface area contributed by atoms with Crippen LogP contribution in [0, 0.1) is 0 Å². The van der Waals surface area contributed by atoms with E-state index in [9.17, 15) is 9.59 Å². The van der Waals surface area contributed by atoms with Crippen molar-refractivity contribution in [3.8, 4) is 11.5 Å². The van der Waals surface area contributed by atoms with Crippen LogP contribution in [0.3, 0.4) is 0 Å². The molecule has 0 radical (unpaired) electrons. The second-order valence-electron chi connectivity index (χ2n) is 7.77. The number of anilines is 1. The molecule has 164 valence electrons. The van der Waals surface area contributed by atoms with Crippen molar-refractivity contribution in [3.63, 3.8) is 0 Å². The minimum atomic E-state index is -0.337. The van der Waals surface area contributed by atoms with E-state index >= 15 is 0 Å². The highest BCUT2D eigenvalue weighted by atomic mass is 16.7. The van der Waals surface area contributed by atoms with Crippen LogP contribution in [0.5, 0.6) is 11.5 Å². The summed E-state index contributed by atoms with van der Waals surface area (Å²) in [7, 11) is 1.38. The molecule has 2 aliphatic heterocycles. The van der Waals surface area contributed by atoms with Crippen LogP contribution >= 0.6 is 0 Å².